The lowest BCUT2D eigenvalue weighted by Crippen LogP contribution is -2.10. The predicted molar refractivity (Wildman–Crippen MR) is 280 cm³/mol. The molecule has 2 heterocycles. The fraction of sp³-hybridized carbons (Fsp3) is 0. The van der Waals surface area contributed by atoms with Crippen molar-refractivity contribution < 1.29 is 0 Å². The van der Waals surface area contributed by atoms with Gasteiger partial charge >= 0.3 is 0 Å². The Hall–Kier alpha value is -8.24. The number of aromatic nitrogens is 1. The minimum Gasteiger partial charge on any atom is -0.310 e. The van der Waals surface area contributed by atoms with Crippen LogP contribution in [0, 0.1) is 0 Å². The third-order valence-corrected chi connectivity index (χ3v) is 14.5. The second-order valence-electron chi connectivity index (χ2n) is 16.9. The quantitative estimate of drug-likeness (QED) is 0.155. The summed E-state index contributed by atoms with van der Waals surface area (Å²) in [6.45, 7) is 0. The fourth-order valence-electron chi connectivity index (χ4n) is 10.1. The minimum atomic E-state index is 1.09. The molecule has 0 saturated heterocycles. The summed E-state index contributed by atoms with van der Waals surface area (Å²) in [7, 11) is 0. The summed E-state index contributed by atoms with van der Waals surface area (Å²) < 4.78 is 5.06. The molecule has 2 nitrogen and oxygen atoms in total. The van der Waals surface area contributed by atoms with Crippen LogP contribution in [0.15, 0.2) is 243 Å². The number of fused-ring (bicyclic) bond motifs is 9. The Kier molecular flexibility index (Phi) is 8.75. The molecule has 0 amide bonds. The van der Waals surface area contributed by atoms with Crippen molar-refractivity contribution in [3.8, 4) is 39.1 Å². The van der Waals surface area contributed by atoms with Crippen molar-refractivity contribution in [3.63, 3.8) is 0 Å². The molecular formula is C62H40N2S. The van der Waals surface area contributed by atoms with E-state index in [1.165, 1.54) is 96.9 Å². The molecule has 0 unspecified atom stereocenters. The maximum Gasteiger partial charge on any atom is 0.0541 e. The van der Waals surface area contributed by atoms with Gasteiger partial charge in [-0.3, -0.25) is 0 Å². The Balaban J connectivity index is 0.912. The van der Waals surface area contributed by atoms with E-state index in [0.717, 1.165) is 22.7 Å². The monoisotopic (exact) mass is 844 g/mol. The normalized spacial score (nSPS) is 11.7. The summed E-state index contributed by atoms with van der Waals surface area (Å²) in [5.41, 5.74) is 14.1. The molecule has 13 aromatic rings. The van der Waals surface area contributed by atoms with Crippen molar-refractivity contribution in [1.82, 2.24) is 4.57 Å². The van der Waals surface area contributed by atoms with Crippen LogP contribution in [-0.2, 0) is 0 Å². The molecule has 13 rings (SSSR count). The van der Waals surface area contributed by atoms with Crippen molar-refractivity contribution in [2.45, 2.75) is 0 Å². The van der Waals surface area contributed by atoms with Gasteiger partial charge in [-0.05, 0) is 116 Å². The van der Waals surface area contributed by atoms with Crippen molar-refractivity contribution >= 4 is 91.9 Å². The smallest absolute Gasteiger partial charge is 0.0541 e. The van der Waals surface area contributed by atoms with Crippen LogP contribution < -0.4 is 4.90 Å². The summed E-state index contributed by atoms with van der Waals surface area (Å²) >= 11 is 1.91. The van der Waals surface area contributed by atoms with Gasteiger partial charge in [0.15, 0.2) is 0 Å². The summed E-state index contributed by atoms with van der Waals surface area (Å²) in [5, 5.41) is 10.2. The number of nitrogens with zero attached hydrogens (tertiary/aromatic N) is 2. The van der Waals surface area contributed by atoms with E-state index in [9.17, 15) is 0 Å². The minimum absolute atomic E-state index is 1.09. The molecule has 0 aliphatic carbocycles. The first kappa shape index (κ1) is 37.3. The lowest BCUT2D eigenvalue weighted by molar-refractivity contribution is 1.18. The van der Waals surface area contributed by atoms with Gasteiger partial charge in [-0.25, -0.2) is 0 Å². The SMILES string of the molecule is c1cc(-c2cccc3ccccc23)cc(N(c2ccc(-c3cccc(-n4c5ccccc5c5ccccc54)c3)cc2)c2ccc(-c3cccc4c3sc3c5ccccc5ccc43)cc2)c1. The predicted octanol–water partition coefficient (Wildman–Crippen LogP) is 17.9. The van der Waals surface area contributed by atoms with Gasteiger partial charge in [-0.15, -0.1) is 11.3 Å². The topological polar surface area (TPSA) is 8.17 Å². The molecule has 0 N–H and O–H groups in total. The maximum absolute atomic E-state index is 2.39. The molecule has 0 radical (unpaired) electrons. The summed E-state index contributed by atoms with van der Waals surface area (Å²) in [5.74, 6) is 0. The summed E-state index contributed by atoms with van der Waals surface area (Å²) in [4.78, 5) is 2.39. The van der Waals surface area contributed by atoms with Crippen molar-refractivity contribution in [1.29, 1.82) is 0 Å². The molecule has 2 aromatic heterocycles. The lowest BCUT2D eigenvalue weighted by Gasteiger charge is -2.26. The Labute approximate surface area is 381 Å². The number of thiophene rings is 1. The van der Waals surface area contributed by atoms with E-state index >= 15 is 0 Å². The molecule has 0 bridgehead atoms. The van der Waals surface area contributed by atoms with Crippen LogP contribution in [0.4, 0.5) is 17.1 Å². The molecule has 11 aromatic carbocycles. The Morgan fingerprint density at radius 2 is 0.831 bits per heavy atom. The molecule has 304 valence electrons. The van der Waals surface area contributed by atoms with Crippen molar-refractivity contribution in [2.24, 2.45) is 0 Å². The first-order chi connectivity index (χ1) is 32.2. The van der Waals surface area contributed by atoms with E-state index in [-0.39, 0.29) is 0 Å². The van der Waals surface area contributed by atoms with E-state index in [1.54, 1.807) is 0 Å². The van der Waals surface area contributed by atoms with Crippen LogP contribution in [0.2, 0.25) is 0 Å². The molecule has 0 aliphatic heterocycles. The number of hydrogen-bond donors (Lipinski definition) is 0. The summed E-state index contributed by atoms with van der Waals surface area (Å²) in [6.07, 6.45) is 0. The zero-order valence-electron chi connectivity index (χ0n) is 35.4. The van der Waals surface area contributed by atoms with Gasteiger partial charge in [0, 0.05) is 53.7 Å². The van der Waals surface area contributed by atoms with E-state index in [0.29, 0.717) is 0 Å². The van der Waals surface area contributed by atoms with E-state index in [4.69, 9.17) is 0 Å². The van der Waals surface area contributed by atoms with Crippen LogP contribution in [0.5, 0.6) is 0 Å². The van der Waals surface area contributed by atoms with Crippen LogP contribution >= 0.6 is 11.3 Å². The van der Waals surface area contributed by atoms with Crippen LogP contribution in [0.1, 0.15) is 0 Å². The van der Waals surface area contributed by atoms with Crippen LogP contribution in [0.25, 0.3) is 103 Å². The third-order valence-electron chi connectivity index (χ3n) is 13.2. The van der Waals surface area contributed by atoms with Gasteiger partial charge in [0.1, 0.15) is 0 Å². The Bertz CT molecular complexity index is 3890. The molecular weight excluding hydrogens is 805 g/mol. The Morgan fingerprint density at radius 1 is 0.292 bits per heavy atom. The van der Waals surface area contributed by atoms with E-state index in [2.05, 4.69) is 252 Å². The molecule has 65 heavy (non-hydrogen) atoms. The molecule has 0 saturated carbocycles. The van der Waals surface area contributed by atoms with Crippen LogP contribution in [-0.4, -0.2) is 4.57 Å². The van der Waals surface area contributed by atoms with Gasteiger partial charge in [0.05, 0.1) is 11.0 Å². The zero-order valence-corrected chi connectivity index (χ0v) is 36.2. The van der Waals surface area contributed by atoms with E-state index in [1.807, 2.05) is 11.3 Å². The highest BCUT2D eigenvalue weighted by atomic mass is 32.1. The second kappa shape index (κ2) is 15.2. The number of rotatable bonds is 7. The summed E-state index contributed by atoms with van der Waals surface area (Å²) in [6, 6.07) is 88.8. The highest BCUT2D eigenvalue weighted by molar-refractivity contribution is 7.27. The number of para-hydroxylation sites is 2. The molecule has 0 aliphatic rings. The van der Waals surface area contributed by atoms with Gasteiger partial charge < -0.3 is 9.47 Å². The average Bonchev–Trinajstić information content (AvgIpc) is 3.94. The largest absolute Gasteiger partial charge is 0.310 e. The van der Waals surface area contributed by atoms with Gasteiger partial charge in [0.2, 0.25) is 0 Å². The van der Waals surface area contributed by atoms with Crippen LogP contribution in [0.3, 0.4) is 0 Å². The van der Waals surface area contributed by atoms with Gasteiger partial charge in [-0.2, -0.15) is 0 Å². The molecule has 3 heteroatoms. The Morgan fingerprint density at radius 3 is 1.58 bits per heavy atom. The zero-order chi connectivity index (χ0) is 42.8. The van der Waals surface area contributed by atoms with Gasteiger partial charge in [0.25, 0.3) is 0 Å². The number of benzene rings is 11. The number of hydrogen-bond acceptors (Lipinski definition) is 2. The maximum atomic E-state index is 2.39. The second-order valence-corrected chi connectivity index (χ2v) is 17.9. The van der Waals surface area contributed by atoms with Crippen molar-refractivity contribution in [2.75, 3.05) is 4.90 Å². The molecule has 0 spiro atoms. The van der Waals surface area contributed by atoms with E-state index < -0.39 is 0 Å². The molecule has 0 atom stereocenters. The first-order valence-corrected chi connectivity index (χ1v) is 23.1. The molecule has 0 fully saturated rings. The average molecular weight is 845 g/mol. The number of anilines is 3. The highest BCUT2D eigenvalue weighted by Gasteiger charge is 2.18. The van der Waals surface area contributed by atoms with Crippen molar-refractivity contribution in [3.05, 3.63) is 243 Å². The fourth-order valence-corrected chi connectivity index (χ4v) is 11.5. The highest BCUT2D eigenvalue weighted by Crippen LogP contribution is 2.44. The first-order valence-electron chi connectivity index (χ1n) is 22.2. The standard InChI is InChI=1S/C62H40N2S/c1-3-20-51-42(13-1)15-11-24-52(51)46-17-10-18-49(40-46)63(48-36-31-44(32-37-48)54-25-12-26-57-58-38-33-43-14-2-4-21-53(43)62(58)65-61(54)57)47-34-29-41(30-35-47)45-16-9-19-50(39-45)64-59-27-7-5-22-55(59)56-23-6-8-28-60(56)64/h1-40H. The lowest BCUT2D eigenvalue weighted by atomic mass is 9.97. The third kappa shape index (κ3) is 6.24. The van der Waals surface area contributed by atoms with Gasteiger partial charge in [-0.1, -0.05) is 182 Å².